The van der Waals surface area contributed by atoms with Gasteiger partial charge in [-0.15, -0.1) is 0 Å². The standard InChI is InChI=1S/C43H52F4N4O5/c1-40(2,3)56-39(54)36-29(7-6-8-34(36)28-11-13-31(14-12-28)43(45,46)47)22-55-23-32-21-49(24-42(32)25-50(26-42)38(53)35-17-41(35,4)5)37(52)30-18-48-51(20-30)19-27-9-15-33(44)16-10-27/h6-10,15-16,18,20,28,31-32,35H,11-14,17,19,21-26H2,1-5H3/t28?,31?,32?,35-/m1/s1. The summed E-state index contributed by atoms with van der Waals surface area (Å²) in [6.07, 6.45) is 0.497. The molecule has 3 aromatic rings. The van der Waals surface area contributed by atoms with Crippen LogP contribution in [0.15, 0.2) is 54.9 Å². The van der Waals surface area contributed by atoms with Gasteiger partial charge in [-0.25, -0.2) is 9.18 Å². The molecule has 1 unspecified atom stereocenters. The topological polar surface area (TPSA) is 94.0 Å². The van der Waals surface area contributed by atoms with E-state index in [1.54, 1.807) is 54.7 Å². The fraction of sp³-hybridized carbons (Fsp3) is 0.581. The van der Waals surface area contributed by atoms with Crippen LogP contribution in [0.2, 0.25) is 0 Å². The molecule has 2 saturated heterocycles. The summed E-state index contributed by atoms with van der Waals surface area (Å²) in [6.45, 7) is 12.1. The summed E-state index contributed by atoms with van der Waals surface area (Å²) >= 11 is 0. The maximum Gasteiger partial charge on any atom is 0.391 e. The van der Waals surface area contributed by atoms with Crippen molar-refractivity contribution in [3.05, 3.63) is 88.5 Å². The molecule has 2 aliphatic heterocycles. The molecule has 3 heterocycles. The van der Waals surface area contributed by atoms with Crippen LogP contribution in [-0.2, 0) is 27.4 Å². The zero-order chi connectivity index (χ0) is 40.2. The van der Waals surface area contributed by atoms with Crippen LogP contribution in [0.3, 0.4) is 0 Å². The molecule has 0 bridgehead atoms. The second kappa shape index (κ2) is 14.9. The van der Waals surface area contributed by atoms with Crippen molar-refractivity contribution in [3.63, 3.8) is 0 Å². The largest absolute Gasteiger partial charge is 0.456 e. The third kappa shape index (κ3) is 8.52. The Balaban J connectivity index is 1.07. The molecule has 2 amide bonds. The third-order valence-corrected chi connectivity index (χ3v) is 12.4. The van der Waals surface area contributed by atoms with Crippen LogP contribution in [-0.4, -0.2) is 81.9 Å². The predicted molar refractivity (Wildman–Crippen MR) is 200 cm³/mol. The van der Waals surface area contributed by atoms with Crippen LogP contribution in [0.25, 0.3) is 0 Å². The monoisotopic (exact) mass is 780 g/mol. The number of benzene rings is 2. The Morgan fingerprint density at radius 2 is 1.59 bits per heavy atom. The number of halogens is 4. The molecular formula is C43H52F4N4O5. The second-order valence-corrected chi connectivity index (χ2v) is 18.2. The summed E-state index contributed by atoms with van der Waals surface area (Å²) < 4.78 is 67.8. The molecule has 2 aliphatic carbocycles. The number of ether oxygens (including phenoxy) is 2. The van der Waals surface area contributed by atoms with Crippen molar-refractivity contribution in [3.8, 4) is 0 Å². The van der Waals surface area contributed by atoms with Gasteiger partial charge in [0, 0.05) is 49.6 Å². The molecule has 302 valence electrons. The molecule has 1 spiro atoms. The lowest BCUT2D eigenvalue weighted by atomic mass is 9.71. The number of likely N-dealkylation sites (tertiary alicyclic amines) is 2. The lowest BCUT2D eigenvalue weighted by molar-refractivity contribution is -0.182. The maximum atomic E-state index is 13.9. The number of carbonyl (C=O) groups excluding carboxylic acids is 3. The van der Waals surface area contributed by atoms with Crippen LogP contribution in [0.1, 0.15) is 110 Å². The van der Waals surface area contributed by atoms with E-state index < -0.39 is 23.7 Å². The summed E-state index contributed by atoms with van der Waals surface area (Å²) in [5, 5.41) is 4.38. The average molecular weight is 781 g/mol. The fourth-order valence-electron chi connectivity index (χ4n) is 8.98. The minimum Gasteiger partial charge on any atom is -0.456 e. The van der Waals surface area contributed by atoms with E-state index >= 15 is 0 Å². The van der Waals surface area contributed by atoms with Crippen molar-refractivity contribution in [2.24, 2.45) is 28.6 Å². The molecule has 13 heteroatoms. The molecule has 7 rings (SSSR count). The normalized spacial score (nSPS) is 24.2. The Labute approximate surface area is 325 Å². The smallest absolute Gasteiger partial charge is 0.391 e. The first-order valence-corrected chi connectivity index (χ1v) is 19.7. The highest BCUT2D eigenvalue weighted by atomic mass is 19.4. The zero-order valence-electron chi connectivity index (χ0n) is 32.8. The number of esters is 1. The van der Waals surface area contributed by atoms with Crippen molar-refractivity contribution >= 4 is 17.8 Å². The van der Waals surface area contributed by atoms with E-state index in [9.17, 15) is 31.9 Å². The van der Waals surface area contributed by atoms with Crippen LogP contribution < -0.4 is 0 Å². The molecule has 9 nitrogen and oxygen atoms in total. The number of alkyl halides is 3. The van der Waals surface area contributed by atoms with Crippen molar-refractivity contribution in [1.82, 2.24) is 19.6 Å². The Hall–Kier alpha value is -4.26. The number of nitrogens with zero attached hydrogens (tertiary/aromatic N) is 4. The SMILES string of the molecule is CC(C)(C)OC(=O)c1c(COCC2CN(C(=O)c3cnn(Cc4ccc(F)cc4)c3)CC23CN(C(=O)[C@H]2CC2(C)C)C3)cccc1C1CCC(C(F)(F)F)CC1. The van der Waals surface area contributed by atoms with E-state index in [0.717, 1.165) is 12.0 Å². The summed E-state index contributed by atoms with van der Waals surface area (Å²) in [5.74, 6) is -2.55. The Morgan fingerprint density at radius 1 is 0.929 bits per heavy atom. The van der Waals surface area contributed by atoms with Crippen molar-refractivity contribution < 1.29 is 41.4 Å². The minimum absolute atomic E-state index is 0.00250. The highest BCUT2D eigenvalue weighted by Crippen LogP contribution is 2.55. The first kappa shape index (κ1) is 40.0. The van der Waals surface area contributed by atoms with E-state index in [4.69, 9.17) is 9.47 Å². The van der Waals surface area contributed by atoms with Gasteiger partial charge in [-0.1, -0.05) is 44.2 Å². The van der Waals surface area contributed by atoms with E-state index in [-0.39, 0.29) is 72.3 Å². The highest BCUT2D eigenvalue weighted by Gasteiger charge is 2.60. The fourth-order valence-corrected chi connectivity index (χ4v) is 8.98. The second-order valence-electron chi connectivity index (χ2n) is 18.2. The molecule has 2 aromatic carbocycles. The molecular weight excluding hydrogens is 728 g/mol. The summed E-state index contributed by atoms with van der Waals surface area (Å²) in [4.78, 5) is 44.8. The van der Waals surface area contributed by atoms with Gasteiger partial charge in [0.15, 0.2) is 0 Å². The van der Waals surface area contributed by atoms with Crippen molar-refractivity contribution in [1.29, 1.82) is 0 Å². The number of aromatic nitrogens is 2. The molecule has 4 fully saturated rings. The van der Waals surface area contributed by atoms with Crippen LogP contribution in [0.4, 0.5) is 17.6 Å². The predicted octanol–water partition coefficient (Wildman–Crippen LogP) is 8.03. The van der Waals surface area contributed by atoms with Crippen LogP contribution in [0.5, 0.6) is 0 Å². The number of rotatable bonds is 10. The number of amides is 2. The van der Waals surface area contributed by atoms with Crippen molar-refractivity contribution in [2.45, 2.75) is 97.6 Å². The molecule has 4 aliphatic rings. The van der Waals surface area contributed by atoms with E-state index in [0.29, 0.717) is 67.8 Å². The lowest BCUT2D eigenvalue weighted by Gasteiger charge is -2.51. The highest BCUT2D eigenvalue weighted by molar-refractivity contribution is 5.94. The quantitative estimate of drug-likeness (QED) is 0.153. The first-order valence-electron chi connectivity index (χ1n) is 19.7. The van der Waals surface area contributed by atoms with Crippen LogP contribution >= 0.6 is 0 Å². The van der Waals surface area contributed by atoms with Crippen LogP contribution in [0, 0.1) is 34.4 Å². The van der Waals surface area contributed by atoms with Gasteiger partial charge in [0.1, 0.15) is 11.4 Å². The van der Waals surface area contributed by atoms with Gasteiger partial charge in [-0.05, 0) is 93.0 Å². The number of hydrogen-bond donors (Lipinski definition) is 0. The van der Waals surface area contributed by atoms with E-state index in [1.165, 1.54) is 18.3 Å². The Morgan fingerprint density at radius 3 is 2.21 bits per heavy atom. The van der Waals surface area contributed by atoms with E-state index in [1.807, 2.05) is 17.0 Å². The van der Waals surface area contributed by atoms with E-state index in [2.05, 4.69) is 18.9 Å². The zero-order valence-corrected chi connectivity index (χ0v) is 32.8. The molecule has 1 aromatic heterocycles. The summed E-state index contributed by atoms with van der Waals surface area (Å²) in [5.41, 5.74) is 1.74. The minimum atomic E-state index is -4.24. The maximum absolute atomic E-state index is 13.9. The van der Waals surface area contributed by atoms with Gasteiger partial charge in [0.2, 0.25) is 5.91 Å². The third-order valence-electron chi connectivity index (χ3n) is 12.4. The lowest BCUT2D eigenvalue weighted by Crippen LogP contribution is -2.63. The first-order chi connectivity index (χ1) is 26.3. The Kier molecular flexibility index (Phi) is 10.6. The summed E-state index contributed by atoms with van der Waals surface area (Å²) in [6, 6.07) is 11.6. The van der Waals surface area contributed by atoms with Gasteiger partial charge in [0.25, 0.3) is 5.91 Å². The van der Waals surface area contributed by atoms with Gasteiger partial charge in [-0.2, -0.15) is 18.3 Å². The number of hydrogen-bond acceptors (Lipinski definition) is 6. The molecule has 0 radical (unpaired) electrons. The molecule has 56 heavy (non-hydrogen) atoms. The molecule has 2 saturated carbocycles. The average Bonchev–Trinajstić information content (AvgIpc) is 3.40. The molecule has 0 N–H and O–H groups in total. The summed E-state index contributed by atoms with van der Waals surface area (Å²) in [7, 11) is 0. The van der Waals surface area contributed by atoms with Crippen molar-refractivity contribution in [2.75, 3.05) is 32.8 Å². The van der Waals surface area contributed by atoms with Gasteiger partial charge < -0.3 is 19.3 Å². The van der Waals surface area contributed by atoms with Gasteiger partial charge >= 0.3 is 12.1 Å². The Bertz CT molecular complexity index is 1940. The molecule has 2 atom stereocenters. The number of carbonyl (C=O) groups is 3. The van der Waals surface area contributed by atoms with Gasteiger partial charge in [-0.3, -0.25) is 14.3 Å². The van der Waals surface area contributed by atoms with Gasteiger partial charge in [0.05, 0.1) is 43.0 Å².